The van der Waals surface area contributed by atoms with Gasteiger partial charge in [-0.25, -0.2) is 0 Å². The number of nitrogens with one attached hydrogen (secondary N) is 1. The minimum atomic E-state index is -0.0412. The number of nitrogen functional groups attached to an aromatic ring is 1. The maximum atomic E-state index is 12.3. The summed E-state index contributed by atoms with van der Waals surface area (Å²) in [5.74, 6) is 0.488. The molecule has 1 heterocycles. The lowest BCUT2D eigenvalue weighted by molar-refractivity contribution is 0.0927. The number of halogens is 1. The van der Waals surface area contributed by atoms with E-state index in [1.165, 1.54) is 12.8 Å². The average molecular weight is 354 g/mol. The topological polar surface area (TPSA) is 58.4 Å². The summed E-state index contributed by atoms with van der Waals surface area (Å²) in [6.45, 7) is 7.42. The lowest BCUT2D eigenvalue weighted by Crippen LogP contribution is -2.45. The molecule has 1 aromatic carbocycles. The van der Waals surface area contributed by atoms with E-state index in [0.717, 1.165) is 17.6 Å². The van der Waals surface area contributed by atoms with Crippen molar-refractivity contribution in [3.8, 4) is 0 Å². The van der Waals surface area contributed by atoms with E-state index in [1.807, 2.05) is 0 Å². The molecular formula is C16H24BrN3O. The molecule has 0 aliphatic carbocycles. The molecule has 116 valence electrons. The van der Waals surface area contributed by atoms with Crippen molar-refractivity contribution in [3.63, 3.8) is 0 Å². The summed E-state index contributed by atoms with van der Waals surface area (Å²) in [6.07, 6.45) is 2.53. The number of carbonyl (C=O) groups is 1. The Hall–Kier alpha value is -1.07. The number of benzene rings is 1. The molecule has 0 radical (unpaired) electrons. The molecule has 0 bridgehead atoms. The Morgan fingerprint density at radius 2 is 2.05 bits per heavy atom. The number of likely N-dealkylation sites (tertiary alicyclic amines) is 1. The molecule has 1 amide bonds. The Morgan fingerprint density at radius 3 is 2.62 bits per heavy atom. The molecule has 5 heteroatoms. The van der Waals surface area contributed by atoms with Gasteiger partial charge < -0.3 is 11.1 Å². The molecule has 1 saturated heterocycles. The molecular weight excluding hydrogens is 330 g/mol. The van der Waals surface area contributed by atoms with Crippen molar-refractivity contribution in [1.29, 1.82) is 0 Å². The summed E-state index contributed by atoms with van der Waals surface area (Å²) < 4.78 is 0.759. The van der Waals surface area contributed by atoms with Crippen LogP contribution in [-0.2, 0) is 0 Å². The monoisotopic (exact) mass is 353 g/mol. The number of nitrogens with two attached hydrogens (primary N) is 1. The van der Waals surface area contributed by atoms with Gasteiger partial charge in [0.15, 0.2) is 0 Å². The van der Waals surface area contributed by atoms with Gasteiger partial charge in [0.25, 0.3) is 5.91 Å². The second-order valence-corrected chi connectivity index (χ2v) is 6.86. The van der Waals surface area contributed by atoms with Crippen LogP contribution in [0, 0.1) is 5.92 Å². The highest BCUT2D eigenvalue weighted by atomic mass is 79.9. The number of nitrogens with zero attached hydrogens (tertiary/aromatic N) is 1. The second kappa shape index (κ2) is 7.27. The number of anilines is 1. The van der Waals surface area contributed by atoms with Crippen molar-refractivity contribution in [2.75, 3.05) is 25.4 Å². The van der Waals surface area contributed by atoms with Crippen molar-refractivity contribution in [2.45, 2.75) is 32.7 Å². The zero-order chi connectivity index (χ0) is 15.4. The van der Waals surface area contributed by atoms with Crippen LogP contribution in [0.3, 0.4) is 0 Å². The maximum Gasteiger partial charge on any atom is 0.251 e. The zero-order valence-electron chi connectivity index (χ0n) is 12.7. The molecule has 1 fully saturated rings. The third-order valence-corrected chi connectivity index (χ3v) is 4.80. The number of hydrogen-bond acceptors (Lipinski definition) is 3. The van der Waals surface area contributed by atoms with E-state index < -0.39 is 0 Å². The van der Waals surface area contributed by atoms with Gasteiger partial charge in [0.2, 0.25) is 0 Å². The molecule has 1 aliphatic rings. The standard InChI is InChI=1S/C16H24BrN3O/c1-11(2)15(20-7-3-4-8-20)10-19-16(21)12-5-6-14(18)13(17)9-12/h5-6,9,11,15H,3-4,7-8,10,18H2,1-2H3,(H,19,21). The van der Waals surface area contributed by atoms with E-state index >= 15 is 0 Å². The number of amides is 1. The second-order valence-electron chi connectivity index (χ2n) is 6.00. The van der Waals surface area contributed by atoms with E-state index in [9.17, 15) is 4.79 Å². The third kappa shape index (κ3) is 4.20. The molecule has 0 spiro atoms. The fraction of sp³-hybridized carbons (Fsp3) is 0.562. The predicted molar refractivity (Wildman–Crippen MR) is 90.3 cm³/mol. The summed E-state index contributed by atoms with van der Waals surface area (Å²) in [5, 5.41) is 3.06. The predicted octanol–water partition coefficient (Wildman–Crippen LogP) is 2.88. The molecule has 0 aromatic heterocycles. The quantitative estimate of drug-likeness (QED) is 0.800. The van der Waals surface area contributed by atoms with Crippen molar-refractivity contribution in [3.05, 3.63) is 28.2 Å². The van der Waals surface area contributed by atoms with Crippen LogP contribution in [0.1, 0.15) is 37.0 Å². The lowest BCUT2D eigenvalue weighted by Gasteiger charge is -2.31. The molecule has 0 saturated carbocycles. The molecule has 21 heavy (non-hydrogen) atoms. The fourth-order valence-electron chi connectivity index (χ4n) is 2.83. The molecule has 4 nitrogen and oxygen atoms in total. The van der Waals surface area contributed by atoms with Gasteiger partial charge in [-0.3, -0.25) is 9.69 Å². The van der Waals surface area contributed by atoms with Crippen molar-refractivity contribution >= 4 is 27.5 Å². The van der Waals surface area contributed by atoms with Crippen molar-refractivity contribution in [1.82, 2.24) is 10.2 Å². The van der Waals surface area contributed by atoms with Crippen LogP contribution in [0.25, 0.3) is 0 Å². The normalized spacial score (nSPS) is 17.1. The highest BCUT2D eigenvalue weighted by Crippen LogP contribution is 2.21. The van der Waals surface area contributed by atoms with Crippen LogP contribution >= 0.6 is 15.9 Å². The number of hydrogen-bond donors (Lipinski definition) is 2. The molecule has 1 aliphatic heterocycles. The van der Waals surface area contributed by atoms with Gasteiger partial charge in [0.1, 0.15) is 0 Å². The van der Waals surface area contributed by atoms with E-state index in [2.05, 4.69) is 40.0 Å². The van der Waals surface area contributed by atoms with E-state index in [4.69, 9.17) is 5.73 Å². The summed E-state index contributed by atoms with van der Waals surface area (Å²) in [6, 6.07) is 5.69. The van der Waals surface area contributed by atoms with Crippen LogP contribution in [0.15, 0.2) is 22.7 Å². The van der Waals surface area contributed by atoms with Gasteiger partial charge in [-0.1, -0.05) is 13.8 Å². The minimum Gasteiger partial charge on any atom is -0.398 e. The highest BCUT2D eigenvalue weighted by Gasteiger charge is 2.25. The van der Waals surface area contributed by atoms with Gasteiger partial charge in [0, 0.05) is 28.3 Å². The third-order valence-electron chi connectivity index (χ3n) is 4.11. The first-order valence-corrected chi connectivity index (χ1v) is 8.35. The van der Waals surface area contributed by atoms with E-state index in [1.54, 1.807) is 18.2 Å². The Morgan fingerprint density at radius 1 is 1.38 bits per heavy atom. The molecule has 1 atom stereocenters. The lowest BCUT2D eigenvalue weighted by atomic mass is 10.0. The van der Waals surface area contributed by atoms with Crippen molar-refractivity contribution < 1.29 is 4.79 Å². The highest BCUT2D eigenvalue weighted by molar-refractivity contribution is 9.10. The number of carbonyl (C=O) groups excluding carboxylic acids is 1. The van der Waals surface area contributed by atoms with Gasteiger partial charge >= 0.3 is 0 Å². The molecule has 1 aromatic rings. The summed E-state index contributed by atoms with van der Waals surface area (Å²) >= 11 is 3.36. The molecule has 1 unspecified atom stereocenters. The Labute approximate surface area is 135 Å². The van der Waals surface area contributed by atoms with Crippen LogP contribution < -0.4 is 11.1 Å². The Balaban J connectivity index is 1.96. The first kappa shape index (κ1) is 16.3. The summed E-state index contributed by atoms with van der Waals surface area (Å²) in [7, 11) is 0. The van der Waals surface area contributed by atoms with Crippen molar-refractivity contribution in [2.24, 2.45) is 5.92 Å². The van der Waals surface area contributed by atoms with Crippen LogP contribution in [-0.4, -0.2) is 36.5 Å². The summed E-state index contributed by atoms with van der Waals surface area (Å²) in [5.41, 5.74) is 7.03. The molecule has 3 N–H and O–H groups in total. The van der Waals surface area contributed by atoms with E-state index in [-0.39, 0.29) is 5.91 Å². The maximum absolute atomic E-state index is 12.3. The number of rotatable bonds is 5. The van der Waals surface area contributed by atoms with Gasteiger partial charge in [-0.15, -0.1) is 0 Å². The summed E-state index contributed by atoms with van der Waals surface area (Å²) in [4.78, 5) is 14.7. The molecule has 2 rings (SSSR count). The van der Waals surface area contributed by atoms with Crippen LogP contribution in [0.5, 0.6) is 0 Å². The Kier molecular flexibility index (Phi) is 5.65. The average Bonchev–Trinajstić information content (AvgIpc) is 2.95. The largest absolute Gasteiger partial charge is 0.398 e. The first-order valence-electron chi connectivity index (χ1n) is 7.56. The van der Waals surface area contributed by atoms with Crippen LogP contribution in [0.2, 0.25) is 0 Å². The first-order chi connectivity index (χ1) is 9.99. The SMILES string of the molecule is CC(C)C(CNC(=O)c1ccc(N)c(Br)c1)N1CCCC1. The fourth-order valence-corrected chi connectivity index (χ4v) is 3.21. The Bertz CT molecular complexity index is 498. The van der Waals surface area contributed by atoms with Gasteiger partial charge in [0.05, 0.1) is 0 Å². The van der Waals surface area contributed by atoms with E-state index in [0.29, 0.717) is 29.8 Å². The zero-order valence-corrected chi connectivity index (χ0v) is 14.3. The minimum absolute atomic E-state index is 0.0412. The smallest absolute Gasteiger partial charge is 0.251 e. The van der Waals surface area contributed by atoms with Gasteiger partial charge in [-0.2, -0.15) is 0 Å². The van der Waals surface area contributed by atoms with Crippen LogP contribution in [0.4, 0.5) is 5.69 Å². The van der Waals surface area contributed by atoms with Gasteiger partial charge in [-0.05, 0) is 66.0 Å².